The molecule has 0 N–H and O–H groups in total. The van der Waals surface area contributed by atoms with E-state index < -0.39 is 6.10 Å². The highest BCUT2D eigenvalue weighted by atomic mass is 16.6. The summed E-state index contributed by atoms with van der Waals surface area (Å²) in [6.45, 7) is 8.97. The molecule has 0 aliphatic rings. The Morgan fingerprint density at radius 3 is 0.845 bits per heavy atom. The fraction of sp³-hybridized carbons (Fsp3) is 0.942. The second-order valence-electron chi connectivity index (χ2n) is 18.3. The maximum Gasteiger partial charge on any atom is 0.306 e. The highest BCUT2D eigenvalue weighted by Gasteiger charge is 2.19. The van der Waals surface area contributed by atoms with Crippen molar-refractivity contribution in [2.45, 2.75) is 297 Å². The molecular weight excluding hydrogens is 721 g/mol. The van der Waals surface area contributed by atoms with Crippen molar-refractivity contribution in [3.8, 4) is 0 Å². The largest absolute Gasteiger partial charge is 0.462 e. The van der Waals surface area contributed by atoms with Gasteiger partial charge in [0, 0.05) is 19.3 Å². The van der Waals surface area contributed by atoms with Gasteiger partial charge in [0.1, 0.15) is 13.2 Å². The van der Waals surface area contributed by atoms with Crippen LogP contribution in [0.2, 0.25) is 0 Å². The lowest BCUT2D eigenvalue weighted by Crippen LogP contribution is -2.30. The van der Waals surface area contributed by atoms with E-state index in [1.165, 1.54) is 186 Å². The van der Waals surface area contributed by atoms with E-state index in [0.717, 1.165) is 63.7 Å². The summed E-state index contributed by atoms with van der Waals surface area (Å²) in [5.41, 5.74) is 0. The highest BCUT2D eigenvalue weighted by molar-refractivity contribution is 5.71. The molecule has 58 heavy (non-hydrogen) atoms. The Balaban J connectivity index is 4.24. The van der Waals surface area contributed by atoms with Crippen LogP contribution >= 0.6 is 0 Å². The van der Waals surface area contributed by atoms with Crippen LogP contribution in [0.1, 0.15) is 291 Å². The third kappa shape index (κ3) is 45.5. The normalized spacial score (nSPS) is 11.9. The van der Waals surface area contributed by atoms with Crippen molar-refractivity contribution in [3.05, 3.63) is 0 Å². The topological polar surface area (TPSA) is 78.9 Å². The second-order valence-corrected chi connectivity index (χ2v) is 18.3. The Morgan fingerprint density at radius 1 is 0.328 bits per heavy atom. The molecule has 0 unspecified atom stereocenters. The monoisotopic (exact) mass is 821 g/mol. The first kappa shape index (κ1) is 56.4. The number of esters is 3. The number of rotatable bonds is 47. The molecule has 6 nitrogen and oxygen atoms in total. The van der Waals surface area contributed by atoms with E-state index in [4.69, 9.17) is 14.2 Å². The molecule has 344 valence electrons. The fourth-order valence-electron chi connectivity index (χ4n) is 7.86. The molecule has 0 aromatic carbocycles. The van der Waals surface area contributed by atoms with Crippen LogP contribution in [-0.2, 0) is 28.6 Å². The molecule has 1 atom stereocenters. The summed E-state index contributed by atoms with van der Waals surface area (Å²) in [5, 5.41) is 0. The maximum absolute atomic E-state index is 12.8. The smallest absolute Gasteiger partial charge is 0.306 e. The molecular formula is C52H100O6. The summed E-state index contributed by atoms with van der Waals surface area (Å²) < 4.78 is 16.8. The molecule has 0 aromatic rings. The van der Waals surface area contributed by atoms with E-state index >= 15 is 0 Å². The Hall–Kier alpha value is -1.59. The van der Waals surface area contributed by atoms with Gasteiger partial charge < -0.3 is 14.2 Å². The minimum Gasteiger partial charge on any atom is -0.462 e. The van der Waals surface area contributed by atoms with Gasteiger partial charge in [-0.1, -0.05) is 252 Å². The van der Waals surface area contributed by atoms with Gasteiger partial charge in [0.05, 0.1) is 0 Å². The zero-order valence-electron chi connectivity index (χ0n) is 39.5. The van der Waals surface area contributed by atoms with Gasteiger partial charge in [0.15, 0.2) is 6.10 Å². The van der Waals surface area contributed by atoms with Gasteiger partial charge in [-0.2, -0.15) is 0 Å². The summed E-state index contributed by atoms with van der Waals surface area (Å²) in [6.07, 6.45) is 48.1. The zero-order chi connectivity index (χ0) is 42.4. The summed E-state index contributed by atoms with van der Waals surface area (Å²) in [5.74, 6) is -0.0677. The van der Waals surface area contributed by atoms with Crippen molar-refractivity contribution < 1.29 is 28.6 Å². The molecule has 0 saturated carbocycles. The predicted octanol–water partition coefficient (Wildman–Crippen LogP) is 16.7. The van der Waals surface area contributed by atoms with E-state index in [9.17, 15) is 14.4 Å². The van der Waals surface area contributed by atoms with Crippen LogP contribution < -0.4 is 0 Å². The average Bonchev–Trinajstić information content (AvgIpc) is 3.21. The van der Waals surface area contributed by atoms with Crippen LogP contribution in [0, 0.1) is 5.92 Å². The maximum atomic E-state index is 12.8. The van der Waals surface area contributed by atoms with E-state index in [-0.39, 0.29) is 31.1 Å². The Kier molecular flexibility index (Phi) is 45.2. The van der Waals surface area contributed by atoms with Crippen LogP contribution in [0.5, 0.6) is 0 Å². The van der Waals surface area contributed by atoms with E-state index in [1.54, 1.807) is 0 Å². The standard InChI is InChI=1S/C52H100O6/c1-5-7-9-11-13-15-17-18-19-20-21-22-23-24-26-28-32-37-41-45-52(55)58-49(47-57-51(54)44-40-36-33-29-30-34-38-42-48(3)4)46-56-50(53)43-39-35-31-27-25-16-14-12-10-8-6-2/h48-49H,5-47H2,1-4H3/t49-/m1/s1. The summed E-state index contributed by atoms with van der Waals surface area (Å²) >= 11 is 0. The van der Waals surface area contributed by atoms with Crippen LogP contribution in [0.4, 0.5) is 0 Å². The van der Waals surface area contributed by atoms with Gasteiger partial charge in [-0.3, -0.25) is 14.4 Å². The fourth-order valence-corrected chi connectivity index (χ4v) is 7.86. The summed E-state index contributed by atoms with van der Waals surface area (Å²) in [7, 11) is 0. The van der Waals surface area contributed by atoms with Gasteiger partial charge in [0.25, 0.3) is 0 Å². The minimum atomic E-state index is -0.760. The van der Waals surface area contributed by atoms with Crippen LogP contribution in [0.3, 0.4) is 0 Å². The van der Waals surface area contributed by atoms with E-state index in [2.05, 4.69) is 27.7 Å². The first-order valence-corrected chi connectivity index (χ1v) is 25.9. The van der Waals surface area contributed by atoms with E-state index in [0.29, 0.717) is 19.3 Å². The van der Waals surface area contributed by atoms with Crippen molar-refractivity contribution in [3.63, 3.8) is 0 Å². The number of ether oxygens (including phenoxy) is 3. The molecule has 0 aliphatic carbocycles. The second kappa shape index (κ2) is 46.5. The highest BCUT2D eigenvalue weighted by Crippen LogP contribution is 2.17. The SMILES string of the molecule is CCCCCCCCCCCCCCCCCCCCCC(=O)O[C@H](COC(=O)CCCCCCCCCCCCC)COC(=O)CCCCCCCCCC(C)C. The molecule has 0 rings (SSSR count). The lowest BCUT2D eigenvalue weighted by Gasteiger charge is -2.18. The summed E-state index contributed by atoms with van der Waals surface area (Å²) in [6, 6.07) is 0. The van der Waals surface area contributed by atoms with Crippen LogP contribution in [0.15, 0.2) is 0 Å². The number of unbranched alkanes of at least 4 members (excludes halogenated alkanes) is 34. The quantitative estimate of drug-likeness (QED) is 0.0346. The first-order valence-electron chi connectivity index (χ1n) is 25.9. The van der Waals surface area contributed by atoms with Gasteiger partial charge >= 0.3 is 17.9 Å². The van der Waals surface area contributed by atoms with Gasteiger partial charge in [-0.15, -0.1) is 0 Å². The number of hydrogen-bond acceptors (Lipinski definition) is 6. The third-order valence-corrected chi connectivity index (χ3v) is 11.8. The number of carbonyl (C=O) groups excluding carboxylic acids is 3. The molecule has 0 aromatic heterocycles. The Morgan fingerprint density at radius 2 is 0.569 bits per heavy atom. The molecule has 0 spiro atoms. The summed E-state index contributed by atoms with van der Waals surface area (Å²) in [4.78, 5) is 37.8. The average molecular weight is 821 g/mol. The van der Waals surface area contributed by atoms with Gasteiger partial charge in [-0.05, 0) is 25.2 Å². The van der Waals surface area contributed by atoms with Crippen molar-refractivity contribution in [2.75, 3.05) is 13.2 Å². The number of hydrogen-bond donors (Lipinski definition) is 0. The Labute approximate surface area is 361 Å². The van der Waals surface area contributed by atoms with Gasteiger partial charge in [-0.25, -0.2) is 0 Å². The zero-order valence-corrected chi connectivity index (χ0v) is 39.5. The van der Waals surface area contributed by atoms with Crippen molar-refractivity contribution in [2.24, 2.45) is 5.92 Å². The minimum absolute atomic E-state index is 0.0636. The van der Waals surface area contributed by atoms with Crippen LogP contribution in [0.25, 0.3) is 0 Å². The predicted molar refractivity (Wildman–Crippen MR) is 247 cm³/mol. The Bertz CT molecular complexity index is 872. The van der Waals surface area contributed by atoms with Crippen molar-refractivity contribution in [1.82, 2.24) is 0 Å². The molecule has 0 amide bonds. The molecule has 0 fully saturated rings. The lowest BCUT2D eigenvalue weighted by molar-refractivity contribution is -0.167. The molecule has 0 bridgehead atoms. The molecule has 0 heterocycles. The van der Waals surface area contributed by atoms with Crippen LogP contribution in [-0.4, -0.2) is 37.2 Å². The van der Waals surface area contributed by atoms with Crippen molar-refractivity contribution in [1.29, 1.82) is 0 Å². The van der Waals surface area contributed by atoms with Gasteiger partial charge in [0.2, 0.25) is 0 Å². The lowest BCUT2D eigenvalue weighted by atomic mass is 10.0. The third-order valence-electron chi connectivity index (χ3n) is 11.8. The first-order chi connectivity index (χ1) is 28.4. The molecule has 0 aliphatic heterocycles. The molecule has 6 heteroatoms. The molecule has 0 radical (unpaired) electrons. The molecule has 0 saturated heterocycles. The van der Waals surface area contributed by atoms with E-state index in [1.807, 2.05) is 0 Å². The van der Waals surface area contributed by atoms with Crippen molar-refractivity contribution >= 4 is 17.9 Å². The number of carbonyl (C=O) groups is 3.